The molecule has 2 heterocycles. The van der Waals surface area contributed by atoms with Gasteiger partial charge in [0.2, 0.25) is 0 Å². The third-order valence-corrected chi connectivity index (χ3v) is 5.35. The minimum Gasteiger partial charge on any atom is -0.374 e. The highest BCUT2D eigenvalue weighted by atomic mass is 79.9. The van der Waals surface area contributed by atoms with Crippen molar-refractivity contribution in [3.8, 4) is 0 Å². The van der Waals surface area contributed by atoms with Crippen molar-refractivity contribution in [1.29, 1.82) is 0 Å². The second kappa shape index (κ2) is 6.44. The minimum absolute atomic E-state index is 0.0809. The summed E-state index contributed by atoms with van der Waals surface area (Å²) in [6.07, 6.45) is 1.81. The predicted octanol–water partition coefficient (Wildman–Crippen LogP) is 4.93. The van der Waals surface area contributed by atoms with Crippen LogP contribution < -0.4 is 11.1 Å². The van der Waals surface area contributed by atoms with Crippen molar-refractivity contribution in [1.82, 2.24) is 4.98 Å². The maximum atomic E-state index is 5.93. The van der Waals surface area contributed by atoms with E-state index in [4.69, 9.17) is 5.73 Å². The standard InChI is InChI=1S/C15H13Br2N3S/c16-10-6-9-2-1-3-11(15(9)19-8-10)20-12(7-18)13-4-5-14(17)21-13/h1-6,8,12,20H,7,18H2. The molecule has 0 bridgehead atoms. The van der Waals surface area contributed by atoms with Crippen molar-refractivity contribution < 1.29 is 0 Å². The molecule has 6 heteroatoms. The molecule has 2 aromatic heterocycles. The lowest BCUT2D eigenvalue weighted by molar-refractivity contribution is 0.807. The largest absolute Gasteiger partial charge is 0.374 e. The first kappa shape index (κ1) is 15.0. The van der Waals surface area contributed by atoms with Gasteiger partial charge in [-0.25, -0.2) is 0 Å². The van der Waals surface area contributed by atoms with Gasteiger partial charge in [-0.05, 0) is 56.1 Å². The van der Waals surface area contributed by atoms with E-state index in [1.807, 2.05) is 24.4 Å². The van der Waals surface area contributed by atoms with E-state index in [2.05, 4.69) is 60.4 Å². The van der Waals surface area contributed by atoms with Crippen molar-refractivity contribution in [2.24, 2.45) is 5.73 Å². The van der Waals surface area contributed by atoms with Crippen molar-refractivity contribution >= 4 is 59.8 Å². The van der Waals surface area contributed by atoms with Crippen LogP contribution in [0.4, 0.5) is 5.69 Å². The zero-order valence-corrected chi connectivity index (χ0v) is 15.0. The van der Waals surface area contributed by atoms with Crippen molar-refractivity contribution in [3.05, 3.63) is 55.7 Å². The number of thiophene rings is 1. The third kappa shape index (κ3) is 3.29. The Hall–Kier alpha value is -0.950. The quantitative estimate of drug-likeness (QED) is 0.621. The van der Waals surface area contributed by atoms with Gasteiger partial charge in [0.1, 0.15) is 0 Å². The molecule has 21 heavy (non-hydrogen) atoms. The van der Waals surface area contributed by atoms with Crippen LogP contribution in [0.1, 0.15) is 10.9 Å². The van der Waals surface area contributed by atoms with Crippen LogP contribution in [0.2, 0.25) is 0 Å². The molecule has 0 saturated heterocycles. The minimum atomic E-state index is 0.0809. The monoisotopic (exact) mass is 425 g/mol. The third-order valence-electron chi connectivity index (χ3n) is 3.18. The first-order valence-electron chi connectivity index (χ1n) is 6.43. The van der Waals surface area contributed by atoms with E-state index in [-0.39, 0.29) is 6.04 Å². The summed E-state index contributed by atoms with van der Waals surface area (Å²) in [5.74, 6) is 0. The van der Waals surface area contributed by atoms with Crippen LogP contribution in [0, 0.1) is 0 Å². The molecule has 3 aromatic rings. The highest BCUT2D eigenvalue weighted by Gasteiger charge is 2.13. The lowest BCUT2D eigenvalue weighted by Crippen LogP contribution is -2.19. The fourth-order valence-corrected chi connectivity index (χ4v) is 4.04. The van der Waals surface area contributed by atoms with Gasteiger partial charge < -0.3 is 11.1 Å². The maximum Gasteiger partial charge on any atom is 0.0934 e. The lowest BCUT2D eigenvalue weighted by atomic mass is 10.1. The molecule has 0 aliphatic rings. The van der Waals surface area contributed by atoms with Crippen LogP contribution in [0.15, 0.2) is 50.9 Å². The van der Waals surface area contributed by atoms with Crippen molar-refractivity contribution in [3.63, 3.8) is 0 Å². The first-order valence-corrected chi connectivity index (χ1v) is 8.84. The van der Waals surface area contributed by atoms with Crippen molar-refractivity contribution in [2.45, 2.75) is 6.04 Å². The number of hydrogen-bond donors (Lipinski definition) is 2. The Labute approximate surface area is 143 Å². The summed E-state index contributed by atoms with van der Waals surface area (Å²) in [6.45, 7) is 0.528. The molecule has 0 saturated carbocycles. The summed E-state index contributed by atoms with van der Waals surface area (Å²) in [5.41, 5.74) is 7.88. The molecule has 1 unspecified atom stereocenters. The van der Waals surface area contributed by atoms with E-state index in [0.717, 1.165) is 24.8 Å². The molecular weight excluding hydrogens is 414 g/mol. The predicted molar refractivity (Wildman–Crippen MR) is 96.9 cm³/mol. The Morgan fingerprint density at radius 3 is 2.81 bits per heavy atom. The Morgan fingerprint density at radius 2 is 2.10 bits per heavy atom. The number of para-hydroxylation sites is 1. The van der Waals surface area contributed by atoms with Gasteiger partial charge in [-0.2, -0.15) is 0 Å². The Bertz CT molecular complexity index is 772. The summed E-state index contributed by atoms with van der Waals surface area (Å²) < 4.78 is 2.09. The van der Waals surface area contributed by atoms with Gasteiger partial charge in [0.05, 0.1) is 21.0 Å². The maximum absolute atomic E-state index is 5.93. The normalized spacial score (nSPS) is 12.5. The van der Waals surface area contributed by atoms with E-state index < -0.39 is 0 Å². The average molecular weight is 427 g/mol. The topological polar surface area (TPSA) is 50.9 Å². The molecule has 3 N–H and O–H groups in total. The fraction of sp³-hybridized carbons (Fsp3) is 0.133. The van der Waals surface area contributed by atoms with E-state index >= 15 is 0 Å². The van der Waals surface area contributed by atoms with E-state index in [1.165, 1.54) is 4.88 Å². The van der Waals surface area contributed by atoms with E-state index in [9.17, 15) is 0 Å². The fourth-order valence-electron chi connectivity index (χ4n) is 2.20. The van der Waals surface area contributed by atoms with Crippen LogP contribution in [0.3, 0.4) is 0 Å². The number of nitrogens with one attached hydrogen (secondary N) is 1. The number of benzene rings is 1. The van der Waals surface area contributed by atoms with E-state index in [1.54, 1.807) is 11.3 Å². The average Bonchev–Trinajstić information content (AvgIpc) is 2.90. The van der Waals surface area contributed by atoms with Gasteiger partial charge >= 0.3 is 0 Å². The molecule has 3 rings (SSSR count). The van der Waals surface area contributed by atoms with Crippen LogP contribution in [0.5, 0.6) is 0 Å². The van der Waals surface area contributed by atoms with Gasteiger partial charge in [0.15, 0.2) is 0 Å². The highest BCUT2D eigenvalue weighted by Crippen LogP contribution is 2.31. The summed E-state index contributed by atoms with van der Waals surface area (Å²) >= 11 is 8.64. The Morgan fingerprint density at radius 1 is 1.24 bits per heavy atom. The van der Waals surface area contributed by atoms with E-state index in [0.29, 0.717) is 6.54 Å². The SMILES string of the molecule is NCC(Nc1cccc2cc(Br)cnc12)c1ccc(Br)s1. The van der Waals surface area contributed by atoms with Crippen LogP contribution >= 0.6 is 43.2 Å². The molecule has 1 atom stereocenters. The number of rotatable bonds is 4. The molecule has 1 aromatic carbocycles. The van der Waals surface area contributed by atoms with Crippen molar-refractivity contribution in [2.75, 3.05) is 11.9 Å². The molecule has 3 nitrogen and oxygen atoms in total. The molecule has 0 radical (unpaired) electrons. The zero-order valence-electron chi connectivity index (χ0n) is 11.0. The van der Waals surface area contributed by atoms with Gasteiger partial charge in [-0.1, -0.05) is 12.1 Å². The molecule has 0 spiro atoms. The van der Waals surface area contributed by atoms with Gasteiger partial charge in [0, 0.05) is 27.5 Å². The number of halogens is 2. The number of nitrogens with zero attached hydrogens (tertiary/aromatic N) is 1. The van der Waals surface area contributed by atoms with Crippen LogP contribution in [0.25, 0.3) is 10.9 Å². The summed E-state index contributed by atoms with van der Waals surface area (Å²) in [4.78, 5) is 5.72. The Balaban J connectivity index is 1.96. The van der Waals surface area contributed by atoms with Crippen LogP contribution in [-0.2, 0) is 0 Å². The highest BCUT2D eigenvalue weighted by molar-refractivity contribution is 9.11. The van der Waals surface area contributed by atoms with Gasteiger partial charge in [-0.3, -0.25) is 4.98 Å². The molecule has 0 fully saturated rings. The summed E-state index contributed by atoms with van der Waals surface area (Å²) in [5, 5.41) is 4.60. The number of anilines is 1. The first-order chi connectivity index (χ1) is 10.2. The lowest BCUT2D eigenvalue weighted by Gasteiger charge is -2.18. The summed E-state index contributed by atoms with van der Waals surface area (Å²) in [7, 11) is 0. The Kier molecular flexibility index (Phi) is 4.59. The number of pyridine rings is 1. The smallest absolute Gasteiger partial charge is 0.0934 e. The molecule has 108 valence electrons. The van der Waals surface area contributed by atoms with Crippen LogP contribution in [-0.4, -0.2) is 11.5 Å². The molecule has 0 aliphatic carbocycles. The molecular formula is C15H13Br2N3S. The zero-order chi connectivity index (χ0) is 14.8. The van der Waals surface area contributed by atoms with Gasteiger partial charge in [-0.15, -0.1) is 11.3 Å². The van der Waals surface area contributed by atoms with Gasteiger partial charge in [0.25, 0.3) is 0 Å². The second-order valence-corrected chi connectivity index (χ2v) is 8.02. The second-order valence-electron chi connectivity index (χ2n) is 4.61. The number of hydrogen-bond acceptors (Lipinski definition) is 4. The summed E-state index contributed by atoms with van der Waals surface area (Å²) in [6, 6.07) is 12.4. The molecule has 0 amide bonds. The number of fused-ring (bicyclic) bond motifs is 1. The molecule has 0 aliphatic heterocycles. The number of nitrogens with two attached hydrogens (primary N) is 1. The number of aromatic nitrogens is 1.